The lowest BCUT2D eigenvalue weighted by Gasteiger charge is -2.41. The Bertz CT molecular complexity index is 265. The van der Waals surface area contributed by atoms with Crippen molar-refractivity contribution in [3.05, 3.63) is 0 Å². The average molecular weight is 267 g/mol. The summed E-state index contributed by atoms with van der Waals surface area (Å²) in [5.41, 5.74) is 0.970. The van der Waals surface area contributed by atoms with E-state index >= 15 is 0 Å². The molecule has 0 aromatic carbocycles. The van der Waals surface area contributed by atoms with E-state index in [4.69, 9.17) is 0 Å². The first-order valence-electron chi connectivity index (χ1n) is 8.32. The van der Waals surface area contributed by atoms with Crippen molar-refractivity contribution < 1.29 is 5.11 Å². The van der Waals surface area contributed by atoms with Gasteiger partial charge in [-0.05, 0) is 55.8 Å². The highest BCUT2D eigenvalue weighted by molar-refractivity contribution is 4.93. The Kier molecular flexibility index (Phi) is 4.94. The Hall–Kier alpha value is -0.0800. The lowest BCUT2D eigenvalue weighted by molar-refractivity contribution is 0.132. The number of hydrogen-bond acceptors (Lipinski definition) is 2. The summed E-state index contributed by atoms with van der Waals surface area (Å²) in [4.78, 5) is 0. The van der Waals surface area contributed by atoms with Gasteiger partial charge in [0.1, 0.15) is 0 Å². The molecule has 2 heteroatoms. The van der Waals surface area contributed by atoms with E-state index in [-0.39, 0.29) is 5.41 Å². The maximum absolute atomic E-state index is 9.26. The monoisotopic (exact) mass is 267 g/mol. The van der Waals surface area contributed by atoms with Crippen molar-refractivity contribution >= 4 is 0 Å². The van der Waals surface area contributed by atoms with Gasteiger partial charge in [-0.15, -0.1) is 0 Å². The van der Waals surface area contributed by atoms with Gasteiger partial charge in [-0.3, -0.25) is 0 Å². The van der Waals surface area contributed by atoms with Crippen molar-refractivity contribution in [3.63, 3.8) is 0 Å². The minimum atomic E-state index is 0.241. The van der Waals surface area contributed by atoms with Crippen molar-refractivity contribution in [1.29, 1.82) is 0 Å². The van der Waals surface area contributed by atoms with Crippen molar-refractivity contribution in [2.45, 2.75) is 90.6 Å². The van der Waals surface area contributed by atoms with Crippen LogP contribution in [0.2, 0.25) is 0 Å². The molecule has 0 aromatic heterocycles. The quantitative estimate of drug-likeness (QED) is 0.810. The molecule has 19 heavy (non-hydrogen) atoms. The molecule has 0 bridgehead atoms. The molecule has 2 fully saturated rings. The maximum Gasteiger partial charge on any atom is 0.0446 e. The molecule has 2 nitrogen and oxygen atoms in total. The topological polar surface area (TPSA) is 32.3 Å². The molecule has 0 radical (unpaired) electrons. The Morgan fingerprint density at radius 3 is 2.16 bits per heavy atom. The van der Waals surface area contributed by atoms with Gasteiger partial charge in [-0.25, -0.2) is 0 Å². The van der Waals surface area contributed by atoms with Gasteiger partial charge in [0.2, 0.25) is 0 Å². The zero-order chi connectivity index (χ0) is 13.9. The van der Waals surface area contributed by atoms with Gasteiger partial charge in [0.15, 0.2) is 0 Å². The molecule has 2 saturated carbocycles. The third kappa shape index (κ3) is 3.95. The van der Waals surface area contributed by atoms with E-state index in [1.165, 1.54) is 51.4 Å². The van der Waals surface area contributed by atoms with Crippen LogP contribution in [0.4, 0.5) is 0 Å². The van der Waals surface area contributed by atoms with Gasteiger partial charge in [0.25, 0.3) is 0 Å². The van der Waals surface area contributed by atoms with Crippen molar-refractivity contribution in [2.75, 3.05) is 6.61 Å². The van der Waals surface area contributed by atoms with E-state index in [2.05, 4.69) is 26.1 Å². The SMILES string of the molecule is CC(C)(C)C(CCO)NC1CCC2(CCCC2)CC1. The molecule has 2 aliphatic carbocycles. The Balaban J connectivity index is 1.83. The minimum Gasteiger partial charge on any atom is -0.396 e. The maximum atomic E-state index is 9.26. The van der Waals surface area contributed by atoms with E-state index in [1.807, 2.05) is 0 Å². The highest BCUT2D eigenvalue weighted by atomic mass is 16.3. The predicted octanol–water partition coefficient (Wildman–Crippen LogP) is 3.88. The zero-order valence-electron chi connectivity index (χ0n) is 13.2. The fraction of sp³-hybridized carbons (Fsp3) is 1.00. The third-order valence-electron chi connectivity index (χ3n) is 5.61. The standard InChI is InChI=1S/C17H33NO/c1-16(2,3)15(8-13-19)18-14-6-11-17(12-7-14)9-4-5-10-17/h14-15,18-19H,4-13H2,1-3H3. The molecular formula is C17H33NO. The molecule has 0 aliphatic heterocycles. The second-order valence-electron chi connectivity index (χ2n) is 8.08. The third-order valence-corrected chi connectivity index (χ3v) is 5.61. The van der Waals surface area contributed by atoms with Crippen LogP contribution >= 0.6 is 0 Å². The lowest BCUT2D eigenvalue weighted by atomic mass is 9.71. The van der Waals surface area contributed by atoms with Crippen LogP contribution in [-0.4, -0.2) is 23.8 Å². The fourth-order valence-corrected chi connectivity index (χ4v) is 4.20. The van der Waals surface area contributed by atoms with Crippen LogP contribution in [0.3, 0.4) is 0 Å². The first-order valence-corrected chi connectivity index (χ1v) is 8.32. The highest BCUT2D eigenvalue weighted by Crippen LogP contribution is 2.49. The Morgan fingerprint density at radius 1 is 1.11 bits per heavy atom. The summed E-state index contributed by atoms with van der Waals surface area (Å²) < 4.78 is 0. The number of aliphatic hydroxyl groups is 1. The minimum absolute atomic E-state index is 0.241. The highest BCUT2D eigenvalue weighted by Gasteiger charge is 2.38. The van der Waals surface area contributed by atoms with Crippen LogP contribution < -0.4 is 5.32 Å². The largest absolute Gasteiger partial charge is 0.396 e. The van der Waals surface area contributed by atoms with Crippen molar-refractivity contribution in [2.24, 2.45) is 10.8 Å². The molecule has 2 aliphatic rings. The second kappa shape index (κ2) is 6.13. The molecule has 0 heterocycles. The van der Waals surface area contributed by atoms with E-state index < -0.39 is 0 Å². The van der Waals surface area contributed by atoms with Crippen LogP contribution in [0, 0.1) is 10.8 Å². The fourth-order valence-electron chi connectivity index (χ4n) is 4.20. The molecular weight excluding hydrogens is 234 g/mol. The smallest absolute Gasteiger partial charge is 0.0446 e. The average Bonchev–Trinajstić information content (AvgIpc) is 2.79. The normalized spacial score (nSPS) is 25.9. The summed E-state index contributed by atoms with van der Waals surface area (Å²) >= 11 is 0. The number of nitrogens with one attached hydrogen (secondary N) is 1. The predicted molar refractivity (Wildman–Crippen MR) is 81.2 cm³/mol. The lowest BCUT2D eigenvalue weighted by Crippen LogP contribution is -2.48. The Labute approximate surface area is 119 Å². The van der Waals surface area contributed by atoms with Crippen molar-refractivity contribution in [3.8, 4) is 0 Å². The molecule has 0 aromatic rings. The number of rotatable bonds is 4. The zero-order valence-corrected chi connectivity index (χ0v) is 13.2. The second-order valence-corrected chi connectivity index (χ2v) is 8.08. The van der Waals surface area contributed by atoms with Gasteiger partial charge in [0.05, 0.1) is 0 Å². The van der Waals surface area contributed by atoms with Crippen LogP contribution in [0.1, 0.15) is 78.6 Å². The molecule has 2 rings (SSSR count). The molecule has 1 atom stereocenters. The first kappa shape index (κ1) is 15.3. The molecule has 1 spiro atoms. The van der Waals surface area contributed by atoms with E-state index in [0.29, 0.717) is 18.7 Å². The summed E-state index contributed by atoms with van der Waals surface area (Å²) in [5, 5.41) is 13.1. The summed E-state index contributed by atoms with van der Waals surface area (Å²) in [6, 6.07) is 1.13. The van der Waals surface area contributed by atoms with E-state index in [9.17, 15) is 5.11 Å². The summed E-state index contributed by atoms with van der Waals surface area (Å²) in [5.74, 6) is 0. The van der Waals surface area contributed by atoms with Gasteiger partial charge in [0, 0.05) is 18.7 Å². The van der Waals surface area contributed by atoms with E-state index in [0.717, 1.165) is 11.8 Å². The number of aliphatic hydroxyl groups excluding tert-OH is 1. The van der Waals surface area contributed by atoms with E-state index in [1.54, 1.807) is 0 Å². The number of hydrogen-bond donors (Lipinski definition) is 2. The van der Waals surface area contributed by atoms with Crippen LogP contribution in [-0.2, 0) is 0 Å². The van der Waals surface area contributed by atoms with Crippen LogP contribution in [0.25, 0.3) is 0 Å². The molecule has 0 saturated heterocycles. The van der Waals surface area contributed by atoms with Gasteiger partial charge < -0.3 is 10.4 Å². The Morgan fingerprint density at radius 2 is 1.68 bits per heavy atom. The van der Waals surface area contributed by atoms with Crippen LogP contribution in [0.5, 0.6) is 0 Å². The molecule has 0 amide bonds. The summed E-state index contributed by atoms with van der Waals surface area (Å²) in [6.07, 6.45) is 12.3. The summed E-state index contributed by atoms with van der Waals surface area (Å²) in [6.45, 7) is 7.14. The molecule has 1 unspecified atom stereocenters. The van der Waals surface area contributed by atoms with Gasteiger partial charge >= 0.3 is 0 Å². The summed E-state index contributed by atoms with van der Waals surface area (Å²) in [7, 11) is 0. The van der Waals surface area contributed by atoms with Crippen molar-refractivity contribution in [1.82, 2.24) is 5.32 Å². The molecule has 112 valence electrons. The first-order chi connectivity index (χ1) is 8.95. The van der Waals surface area contributed by atoms with Gasteiger partial charge in [-0.1, -0.05) is 33.6 Å². The molecule has 2 N–H and O–H groups in total. The van der Waals surface area contributed by atoms with Crippen LogP contribution in [0.15, 0.2) is 0 Å². The van der Waals surface area contributed by atoms with Gasteiger partial charge in [-0.2, -0.15) is 0 Å².